The number of alkyl halides is 3. The number of hydrogen-bond donors (Lipinski definition) is 1. The summed E-state index contributed by atoms with van der Waals surface area (Å²) in [4.78, 5) is 10.6. The molecule has 2 aromatic rings. The fourth-order valence-electron chi connectivity index (χ4n) is 1.38. The number of rotatable bonds is 1. The van der Waals surface area contributed by atoms with Gasteiger partial charge in [0, 0.05) is 10.1 Å². The summed E-state index contributed by atoms with van der Waals surface area (Å²) in [6.45, 7) is 0. The SMILES string of the molecule is O=C(O)c1sc2ccc(C(F)(F)F)cc2c1Cl. The van der Waals surface area contributed by atoms with Crippen molar-refractivity contribution in [2.75, 3.05) is 0 Å². The number of fused-ring (bicyclic) bond motifs is 1. The number of carboxylic acid groups (broad SMARTS) is 1. The Hall–Kier alpha value is -1.27. The lowest BCUT2D eigenvalue weighted by molar-refractivity contribution is -0.137. The van der Waals surface area contributed by atoms with Crippen LogP contribution in [0.2, 0.25) is 5.02 Å². The monoisotopic (exact) mass is 280 g/mol. The zero-order valence-corrected chi connectivity index (χ0v) is 9.58. The van der Waals surface area contributed by atoms with Crippen molar-refractivity contribution < 1.29 is 23.1 Å². The van der Waals surface area contributed by atoms with Crippen molar-refractivity contribution in [3.8, 4) is 0 Å². The smallest absolute Gasteiger partial charge is 0.416 e. The minimum atomic E-state index is -4.47. The molecule has 90 valence electrons. The van der Waals surface area contributed by atoms with Gasteiger partial charge in [-0.25, -0.2) is 4.79 Å². The van der Waals surface area contributed by atoms with Crippen molar-refractivity contribution in [3.63, 3.8) is 0 Å². The molecule has 0 atom stereocenters. The maximum absolute atomic E-state index is 12.5. The summed E-state index contributed by atoms with van der Waals surface area (Å²) in [6, 6.07) is 2.99. The first-order chi connectivity index (χ1) is 7.80. The third kappa shape index (κ3) is 2.10. The molecule has 0 unspecified atom stereocenters. The predicted octanol–water partition coefficient (Wildman–Crippen LogP) is 4.27. The molecular formula is C10H4ClF3O2S. The highest BCUT2D eigenvalue weighted by atomic mass is 35.5. The second kappa shape index (κ2) is 3.89. The van der Waals surface area contributed by atoms with E-state index in [-0.39, 0.29) is 15.3 Å². The third-order valence-corrected chi connectivity index (χ3v) is 3.81. The topological polar surface area (TPSA) is 37.3 Å². The zero-order valence-electron chi connectivity index (χ0n) is 8.01. The standard InChI is InChI=1S/C10H4ClF3O2S/c11-7-5-3-4(10(12,13)14)1-2-6(5)17-8(7)9(15)16/h1-3H,(H,15,16). The van der Waals surface area contributed by atoms with Crippen molar-refractivity contribution in [2.24, 2.45) is 0 Å². The quantitative estimate of drug-likeness (QED) is 0.847. The minimum absolute atomic E-state index is 0.115. The van der Waals surface area contributed by atoms with Crippen LogP contribution in [0.3, 0.4) is 0 Å². The van der Waals surface area contributed by atoms with E-state index in [1.165, 1.54) is 6.07 Å². The van der Waals surface area contributed by atoms with Crippen LogP contribution in [-0.4, -0.2) is 11.1 Å². The van der Waals surface area contributed by atoms with E-state index in [2.05, 4.69) is 0 Å². The number of halogens is 4. The molecule has 0 radical (unpaired) electrons. The van der Waals surface area contributed by atoms with Gasteiger partial charge in [-0.05, 0) is 18.2 Å². The maximum Gasteiger partial charge on any atom is 0.416 e. The Morgan fingerprint density at radius 2 is 2.00 bits per heavy atom. The van der Waals surface area contributed by atoms with Crippen LogP contribution < -0.4 is 0 Å². The number of benzene rings is 1. The zero-order chi connectivity index (χ0) is 12.8. The van der Waals surface area contributed by atoms with Gasteiger partial charge in [0.05, 0.1) is 10.6 Å². The molecule has 17 heavy (non-hydrogen) atoms. The van der Waals surface area contributed by atoms with E-state index in [0.29, 0.717) is 4.70 Å². The van der Waals surface area contributed by atoms with Gasteiger partial charge in [0.15, 0.2) is 0 Å². The summed E-state index contributed by atoms with van der Waals surface area (Å²) in [7, 11) is 0. The van der Waals surface area contributed by atoms with E-state index in [4.69, 9.17) is 16.7 Å². The highest BCUT2D eigenvalue weighted by Gasteiger charge is 2.31. The molecule has 1 heterocycles. The van der Waals surface area contributed by atoms with Gasteiger partial charge in [-0.3, -0.25) is 0 Å². The first-order valence-electron chi connectivity index (χ1n) is 4.33. The predicted molar refractivity (Wildman–Crippen MR) is 58.8 cm³/mol. The van der Waals surface area contributed by atoms with Crippen molar-refractivity contribution in [1.82, 2.24) is 0 Å². The lowest BCUT2D eigenvalue weighted by Gasteiger charge is -2.05. The fourth-order valence-corrected chi connectivity index (χ4v) is 2.70. The van der Waals surface area contributed by atoms with Gasteiger partial charge >= 0.3 is 12.1 Å². The Morgan fingerprint density at radius 1 is 1.35 bits per heavy atom. The number of carboxylic acids is 1. The molecule has 0 amide bonds. The van der Waals surface area contributed by atoms with Crippen LogP contribution in [0.1, 0.15) is 15.2 Å². The first kappa shape index (κ1) is 12.2. The van der Waals surface area contributed by atoms with E-state index in [1.54, 1.807) is 0 Å². The van der Waals surface area contributed by atoms with Crippen LogP contribution in [0.25, 0.3) is 10.1 Å². The average molecular weight is 281 g/mol. The second-order valence-corrected chi connectivity index (χ2v) is 4.69. The Kier molecular flexibility index (Phi) is 2.79. The van der Waals surface area contributed by atoms with E-state index in [1.807, 2.05) is 0 Å². The van der Waals surface area contributed by atoms with Crippen LogP contribution in [0.4, 0.5) is 13.2 Å². The molecule has 0 spiro atoms. The van der Waals surface area contributed by atoms with Gasteiger partial charge in [-0.1, -0.05) is 11.6 Å². The normalized spacial score (nSPS) is 12.0. The molecule has 0 saturated carbocycles. The summed E-state index contributed by atoms with van der Waals surface area (Å²) in [6.07, 6.45) is -4.47. The van der Waals surface area contributed by atoms with Gasteiger partial charge in [-0.15, -0.1) is 11.3 Å². The van der Waals surface area contributed by atoms with Gasteiger partial charge in [-0.2, -0.15) is 13.2 Å². The second-order valence-electron chi connectivity index (χ2n) is 3.26. The van der Waals surface area contributed by atoms with Crippen LogP contribution in [-0.2, 0) is 6.18 Å². The van der Waals surface area contributed by atoms with Crippen molar-refractivity contribution in [1.29, 1.82) is 0 Å². The van der Waals surface area contributed by atoms with E-state index in [0.717, 1.165) is 23.5 Å². The highest BCUT2D eigenvalue weighted by Crippen LogP contribution is 2.39. The molecule has 0 aliphatic rings. The minimum Gasteiger partial charge on any atom is -0.477 e. The highest BCUT2D eigenvalue weighted by molar-refractivity contribution is 7.21. The Labute approximate surface area is 102 Å². The summed E-state index contributed by atoms with van der Waals surface area (Å²) in [5.74, 6) is -1.25. The number of thiophene rings is 1. The third-order valence-electron chi connectivity index (χ3n) is 2.15. The lowest BCUT2D eigenvalue weighted by Crippen LogP contribution is -2.03. The van der Waals surface area contributed by atoms with Crippen LogP contribution in [0.5, 0.6) is 0 Å². The molecule has 0 aliphatic heterocycles. The largest absolute Gasteiger partial charge is 0.477 e. The van der Waals surface area contributed by atoms with E-state index >= 15 is 0 Å². The van der Waals surface area contributed by atoms with E-state index < -0.39 is 17.7 Å². The van der Waals surface area contributed by atoms with Crippen molar-refractivity contribution in [3.05, 3.63) is 33.7 Å². The lowest BCUT2D eigenvalue weighted by atomic mass is 10.1. The molecular weight excluding hydrogens is 277 g/mol. The van der Waals surface area contributed by atoms with Gasteiger partial charge < -0.3 is 5.11 Å². The van der Waals surface area contributed by atoms with Gasteiger partial charge in [0.25, 0.3) is 0 Å². The number of carbonyl (C=O) groups is 1. The van der Waals surface area contributed by atoms with Crippen LogP contribution in [0, 0.1) is 0 Å². The molecule has 0 bridgehead atoms. The summed E-state index contributed by atoms with van der Waals surface area (Å²) < 4.78 is 37.8. The Morgan fingerprint density at radius 3 is 2.53 bits per heavy atom. The van der Waals surface area contributed by atoms with Crippen LogP contribution in [0.15, 0.2) is 18.2 Å². The van der Waals surface area contributed by atoms with Crippen LogP contribution >= 0.6 is 22.9 Å². The molecule has 1 N–H and O–H groups in total. The fraction of sp³-hybridized carbons (Fsp3) is 0.100. The average Bonchev–Trinajstić information content (AvgIpc) is 2.54. The molecule has 0 fully saturated rings. The van der Waals surface area contributed by atoms with E-state index in [9.17, 15) is 18.0 Å². The maximum atomic E-state index is 12.5. The van der Waals surface area contributed by atoms with Crippen molar-refractivity contribution in [2.45, 2.75) is 6.18 Å². The Balaban J connectivity index is 2.70. The molecule has 2 rings (SSSR count). The Bertz CT molecular complexity index is 603. The number of hydrogen-bond acceptors (Lipinski definition) is 2. The van der Waals surface area contributed by atoms with Crippen molar-refractivity contribution >= 4 is 39.0 Å². The van der Waals surface area contributed by atoms with Gasteiger partial charge in [0.2, 0.25) is 0 Å². The van der Waals surface area contributed by atoms with Gasteiger partial charge in [0.1, 0.15) is 4.88 Å². The molecule has 7 heteroatoms. The molecule has 0 aliphatic carbocycles. The summed E-state index contributed by atoms with van der Waals surface area (Å²) in [5.41, 5.74) is -0.846. The number of aromatic carboxylic acids is 1. The molecule has 1 aromatic carbocycles. The summed E-state index contributed by atoms with van der Waals surface area (Å²) >= 11 is 6.59. The summed E-state index contributed by atoms with van der Waals surface area (Å²) in [5, 5.41) is 8.76. The molecule has 1 aromatic heterocycles. The molecule has 0 saturated heterocycles. The first-order valence-corrected chi connectivity index (χ1v) is 5.52. The molecule has 2 nitrogen and oxygen atoms in total.